The van der Waals surface area contributed by atoms with Crippen LogP contribution in [0.4, 0.5) is 10.1 Å². The van der Waals surface area contributed by atoms with Gasteiger partial charge in [-0.25, -0.2) is 12.8 Å². The molecule has 3 heterocycles. The fraction of sp³-hybridized carbons (Fsp3) is 0.522. The van der Waals surface area contributed by atoms with E-state index < -0.39 is 32.2 Å². The van der Waals surface area contributed by atoms with Crippen LogP contribution < -0.4 is 21.3 Å². The number of benzene rings is 1. The molecular weight excluding hydrogens is 513 g/mol. The minimum absolute atomic E-state index is 0.128. The Morgan fingerprint density at radius 3 is 2.39 bits per heavy atom. The third-order valence-electron chi connectivity index (χ3n) is 7.57. The van der Waals surface area contributed by atoms with Gasteiger partial charge in [-0.3, -0.25) is 14.4 Å². The van der Waals surface area contributed by atoms with E-state index in [0.29, 0.717) is 37.8 Å². The number of anilines is 1. The summed E-state index contributed by atoms with van der Waals surface area (Å²) in [5.74, 6) is -1.59. The molecule has 1 saturated carbocycles. The topological polar surface area (TPSA) is 137 Å². The molecule has 3 aliphatic heterocycles. The van der Waals surface area contributed by atoms with E-state index in [1.54, 1.807) is 0 Å². The molecule has 1 aromatic carbocycles. The van der Waals surface area contributed by atoms with Gasteiger partial charge in [0.15, 0.2) is 9.84 Å². The Kier molecular flexibility index (Phi) is 6.36. The maximum absolute atomic E-state index is 13.2. The predicted molar refractivity (Wildman–Crippen MR) is 130 cm³/mol. The molecule has 1 aliphatic carbocycles. The Labute approximate surface area is 212 Å². The van der Waals surface area contributed by atoms with Crippen LogP contribution in [0.25, 0.3) is 0 Å². The summed E-state index contributed by atoms with van der Waals surface area (Å²) in [5.41, 5.74) is 0.636. The van der Waals surface area contributed by atoms with Gasteiger partial charge in [-0.15, -0.1) is 0 Å². The van der Waals surface area contributed by atoms with E-state index in [9.17, 15) is 27.2 Å². The number of carbonyl (C=O) groups excluding carboxylic acids is 3. The summed E-state index contributed by atoms with van der Waals surface area (Å²) in [5, 5.41) is 11.6. The number of likely N-dealkylation sites (tertiary alicyclic amines) is 1. The largest absolute Gasteiger partial charge is 0.362 e. The van der Waals surface area contributed by atoms with Crippen LogP contribution in [0.15, 0.2) is 29.6 Å². The van der Waals surface area contributed by atoms with Crippen molar-refractivity contribution in [3.63, 3.8) is 0 Å². The van der Waals surface area contributed by atoms with Crippen LogP contribution >= 0.6 is 11.6 Å². The lowest BCUT2D eigenvalue weighted by Crippen LogP contribution is -2.73. The summed E-state index contributed by atoms with van der Waals surface area (Å²) in [4.78, 5) is 39.9. The Hall–Kier alpha value is -2.86. The number of nitrogens with zero attached hydrogens (tertiary/aromatic N) is 1. The fourth-order valence-corrected chi connectivity index (χ4v) is 7.25. The molecule has 0 aromatic heterocycles. The minimum Gasteiger partial charge on any atom is -0.362 e. The zero-order chi connectivity index (χ0) is 25.7. The molecule has 0 radical (unpaired) electrons. The number of hydrogen-bond donors (Lipinski definition) is 4. The third kappa shape index (κ3) is 4.40. The van der Waals surface area contributed by atoms with E-state index in [1.807, 2.05) is 0 Å². The van der Waals surface area contributed by atoms with Crippen molar-refractivity contribution >= 4 is 44.8 Å². The maximum Gasteiger partial charge on any atom is 0.272 e. The molecule has 194 valence electrons. The van der Waals surface area contributed by atoms with Crippen LogP contribution in [0.5, 0.6) is 0 Å². The fourth-order valence-electron chi connectivity index (χ4n) is 5.22. The SMILES string of the molecule is O=C(N[C@H]1CC[C@H](C(=O)Nc2ccc(F)cc2Cl)CC1)C1=C(C(=O)N2CC3(CCS3(=O)=O)C2)NCN1. The quantitative estimate of drug-likeness (QED) is 0.435. The normalized spacial score (nSPS) is 25.8. The van der Waals surface area contributed by atoms with Crippen LogP contribution in [0.2, 0.25) is 5.02 Å². The number of carbonyl (C=O) groups is 3. The van der Waals surface area contributed by atoms with Gasteiger partial charge in [-0.05, 0) is 50.3 Å². The predicted octanol–water partition coefficient (Wildman–Crippen LogP) is 0.854. The van der Waals surface area contributed by atoms with Gasteiger partial charge in [0, 0.05) is 25.0 Å². The molecule has 3 amide bonds. The second-order valence-electron chi connectivity index (χ2n) is 9.83. The highest BCUT2D eigenvalue weighted by atomic mass is 35.5. The number of rotatable bonds is 5. The molecule has 4 aliphatic rings. The first-order valence-electron chi connectivity index (χ1n) is 11.9. The van der Waals surface area contributed by atoms with E-state index in [0.717, 1.165) is 6.07 Å². The Morgan fingerprint density at radius 2 is 1.78 bits per heavy atom. The summed E-state index contributed by atoms with van der Waals surface area (Å²) < 4.78 is 36.4. The molecule has 36 heavy (non-hydrogen) atoms. The zero-order valence-electron chi connectivity index (χ0n) is 19.4. The highest BCUT2D eigenvalue weighted by Crippen LogP contribution is 2.42. The summed E-state index contributed by atoms with van der Waals surface area (Å²) >= 11 is 5.99. The van der Waals surface area contributed by atoms with Gasteiger partial charge in [0.1, 0.15) is 22.0 Å². The van der Waals surface area contributed by atoms with Crippen molar-refractivity contribution in [2.75, 3.05) is 30.8 Å². The molecule has 5 rings (SSSR count). The van der Waals surface area contributed by atoms with Crippen LogP contribution in [-0.4, -0.2) is 67.3 Å². The Bertz CT molecular complexity index is 1260. The Morgan fingerprint density at radius 1 is 1.08 bits per heavy atom. The van der Waals surface area contributed by atoms with Gasteiger partial charge in [0.25, 0.3) is 11.8 Å². The number of sulfone groups is 1. The average molecular weight is 540 g/mol. The van der Waals surface area contributed by atoms with Gasteiger partial charge in [0.2, 0.25) is 5.91 Å². The van der Waals surface area contributed by atoms with Crippen molar-refractivity contribution in [2.45, 2.75) is 42.9 Å². The molecule has 3 fully saturated rings. The molecule has 1 spiro atoms. The van der Waals surface area contributed by atoms with Gasteiger partial charge in [-0.1, -0.05) is 11.6 Å². The highest BCUT2D eigenvalue weighted by Gasteiger charge is 2.61. The van der Waals surface area contributed by atoms with Crippen LogP contribution in [-0.2, 0) is 24.2 Å². The molecule has 2 saturated heterocycles. The van der Waals surface area contributed by atoms with Crippen molar-refractivity contribution in [1.29, 1.82) is 0 Å². The monoisotopic (exact) mass is 539 g/mol. The van der Waals surface area contributed by atoms with Crippen LogP contribution in [0.1, 0.15) is 32.1 Å². The smallest absolute Gasteiger partial charge is 0.272 e. The first-order valence-corrected chi connectivity index (χ1v) is 13.9. The molecule has 0 atom stereocenters. The van der Waals surface area contributed by atoms with Crippen molar-refractivity contribution in [3.05, 3.63) is 40.4 Å². The first-order chi connectivity index (χ1) is 17.1. The lowest BCUT2D eigenvalue weighted by molar-refractivity contribution is -0.133. The number of hydrogen-bond acceptors (Lipinski definition) is 7. The lowest BCUT2D eigenvalue weighted by atomic mass is 9.85. The average Bonchev–Trinajstić information content (AvgIpc) is 3.30. The summed E-state index contributed by atoms with van der Waals surface area (Å²) in [6, 6.07) is 3.62. The summed E-state index contributed by atoms with van der Waals surface area (Å²) in [6.07, 6.45) is 2.83. The molecule has 0 unspecified atom stereocenters. The first kappa shape index (κ1) is 24.8. The van der Waals surface area contributed by atoms with Gasteiger partial charge in [0.05, 0.1) is 23.1 Å². The third-order valence-corrected chi connectivity index (χ3v) is 10.4. The van der Waals surface area contributed by atoms with E-state index in [-0.39, 0.29) is 59.8 Å². The van der Waals surface area contributed by atoms with Gasteiger partial charge < -0.3 is 26.2 Å². The summed E-state index contributed by atoms with van der Waals surface area (Å²) in [6.45, 7) is 0.535. The molecule has 10 nitrogen and oxygen atoms in total. The summed E-state index contributed by atoms with van der Waals surface area (Å²) in [7, 11) is -3.13. The van der Waals surface area contributed by atoms with Crippen molar-refractivity contribution in [3.8, 4) is 0 Å². The van der Waals surface area contributed by atoms with Gasteiger partial charge in [-0.2, -0.15) is 0 Å². The molecule has 4 N–H and O–H groups in total. The Balaban J connectivity index is 1.13. The second kappa shape index (κ2) is 9.22. The molecule has 1 aromatic rings. The van der Waals surface area contributed by atoms with E-state index in [1.165, 1.54) is 17.0 Å². The van der Waals surface area contributed by atoms with Crippen molar-refractivity contribution < 1.29 is 27.2 Å². The van der Waals surface area contributed by atoms with E-state index in [2.05, 4.69) is 21.3 Å². The number of amides is 3. The van der Waals surface area contributed by atoms with E-state index in [4.69, 9.17) is 11.6 Å². The minimum atomic E-state index is -3.13. The van der Waals surface area contributed by atoms with E-state index >= 15 is 0 Å². The zero-order valence-corrected chi connectivity index (χ0v) is 21.0. The number of halogens is 2. The van der Waals surface area contributed by atoms with Crippen LogP contribution in [0.3, 0.4) is 0 Å². The molecule has 0 bridgehead atoms. The standard InChI is InChI=1S/C23H27ClFN5O5S/c24-16-9-14(25)3-6-17(16)29-20(31)13-1-4-15(5-2-13)28-21(32)18-19(27-12-26-18)22(33)30-10-23(11-30)7-8-36(23,34)35/h3,6,9,13,15,26-27H,1-2,4-5,7-8,10-12H2,(H,28,32)(H,29,31)/t13-,15-. The van der Waals surface area contributed by atoms with Crippen molar-refractivity contribution in [2.24, 2.45) is 5.92 Å². The number of nitrogens with one attached hydrogen (secondary N) is 4. The van der Waals surface area contributed by atoms with Gasteiger partial charge >= 0.3 is 0 Å². The lowest BCUT2D eigenvalue weighted by Gasteiger charge is -2.54. The maximum atomic E-state index is 13.2. The van der Waals surface area contributed by atoms with Crippen molar-refractivity contribution in [1.82, 2.24) is 20.9 Å². The highest BCUT2D eigenvalue weighted by molar-refractivity contribution is 7.94. The second-order valence-corrected chi connectivity index (χ2v) is 12.7. The molecule has 13 heteroatoms. The van der Waals surface area contributed by atoms with Crippen LogP contribution in [0, 0.1) is 11.7 Å². The molecular formula is C23H27ClFN5O5S.